The average Bonchev–Trinajstić information content (AvgIpc) is 2.34. The first kappa shape index (κ1) is 8.72. The molecule has 2 heteroatoms. The minimum atomic E-state index is 0.139. The van der Waals surface area contributed by atoms with Crippen LogP contribution in [0.5, 0.6) is 0 Å². The lowest BCUT2D eigenvalue weighted by Crippen LogP contribution is -2.35. The van der Waals surface area contributed by atoms with E-state index in [1.165, 1.54) is 6.42 Å². The maximum Gasteiger partial charge on any atom is 0.146 e. The molecule has 0 amide bonds. The van der Waals surface area contributed by atoms with Gasteiger partial charge in [-0.05, 0) is 32.7 Å². The highest BCUT2D eigenvalue weighted by molar-refractivity contribution is 5.80. The molecule has 0 saturated carbocycles. The van der Waals surface area contributed by atoms with E-state index in [0.29, 0.717) is 5.78 Å². The van der Waals surface area contributed by atoms with Gasteiger partial charge in [0, 0.05) is 6.54 Å². The Morgan fingerprint density at radius 3 is 2.64 bits per heavy atom. The fourth-order valence-electron chi connectivity index (χ4n) is 1.58. The highest BCUT2D eigenvalue weighted by atomic mass is 16.1. The Balaban J connectivity index is 2.43. The molecule has 0 aromatic rings. The van der Waals surface area contributed by atoms with Crippen LogP contribution in [0.2, 0.25) is 0 Å². The fourth-order valence-corrected chi connectivity index (χ4v) is 1.58. The molecule has 1 fully saturated rings. The smallest absolute Gasteiger partial charge is 0.146 e. The van der Waals surface area contributed by atoms with E-state index >= 15 is 0 Å². The van der Waals surface area contributed by atoms with Crippen LogP contribution in [0.3, 0.4) is 0 Å². The zero-order chi connectivity index (χ0) is 8.43. The van der Waals surface area contributed by atoms with Crippen LogP contribution in [0.25, 0.3) is 0 Å². The van der Waals surface area contributed by atoms with Gasteiger partial charge in [-0.2, -0.15) is 0 Å². The molecule has 0 aromatic heterocycles. The zero-order valence-electron chi connectivity index (χ0n) is 7.63. The van der Waals surface area contributed by atoms with Gasteiger partial charge in [0.2, 0.25) is 0 Å². The molecular weight excluding hydrogens is 138 g/mol. The lowest BCUT2D eigenvalue weighted by molar-refractivity contribution is -0.121. The predicted octanol–water partition coefficient (Wildman–Crippen LogP) is 1.31. The molecule has 0 bridgehead atoms. The SMILES string of the molecule is CC(=O)C(C)N1CCC(C)C1. The third-order valence-corrected chi connectivity index (χ3v) is 2.59. The minimum Gasteiger partial charge on any atom is -0.298 e. The Morgan fingerprint density at radius 2 is 2.27 bits per heavy atom. The number of likely N-dealkylation sites (tertiary alicyclic amines) is 1. The lowest BCUT2D eigenvalue weighted by atomic mass is 10.2. The number of ketones is 1. The first-order chi connectivity index (χ1) is 5.11. The van der Waals surface area contributed by atoms with Crippen molar-refractivity contribution in [3.63, 3.8) is 0 Å². The highest BCUT2D eigenvalue weighted by Crippen LogP contribution is 2.17. The molecule has 1 saturated heterocycles. The third kappa shape index (κ3) is 2.03. The summed E-state index contributed by atoms with van der Waals surface area (Å²) in [5.74, 6) is 1.07. The Hall–Kier alpha value is -0.370. The summed E-state index contributed by atoms with van der Waals surface area (Å²) < 4.78 is 0. The van der Waals surface area contributed by atoms with Crippen molar-refractivity contribution in [1.29, 1.82) is 0 Å². The van der Waals surface area contributed by atoms with Gasteiger partial charge in [0.25, 0.3) is 0 Å². The number of hydrogen-bond donors (Lipinski definition) is 0. The molecule has 11 heavy (non-hydrogen) atoms. The Labute approximate surface area is 68.6 Å². The van der Waals surface area contributed by atoms with Crippen molar-refractivity contribution in [2.24, 2.45) is 5.92 Å². The van der Waals surface area contributed by atoms with Crippen molar-refractivity contribution < 1.29 is 4.79 Å². The number of hydrogen-bond acceptors (Lipinski definition) is 2. The summed E-state index contributed by atoms with van der Waals surface area (Å²) in [6, 6.07) is 0.139. The minimum absolute atomic E-state index is 0.139. The number of carbonyl (C=O) groups is 1. The van der Waals surface area contributed by atoms with E-state index in [2.05, 4.69) is 11.8 Å². The van der Waals surface area contributed by atoms with Crippen LogP contribution < -0.4 is 0 Å². The predicted molar refractivity (Wildman–Crippen MR) is 45.5 cm³/mol. The Kier molecular flexibility index (Phi) is 2.66. The van der Waals surface area contributed by atoms with E-state index in [9.17, 15) is 4.79 Å². The van der Waals surface area contributed by atoms with E-state index in [1.807, 2.05) is 6.92 Å². The molecule has 1 aliphatic rings. The number of nitrogens with zero attached hydrogens (tertiary/aromatic N) is 1. The van der Waals surface area contributed by atoms with Gasteiger partial charge in [-0.3, -0.25) is 9.69 Å². The molecule has 0 aliphatic carbocycles. The van der Waals surface area contributed by atoms with Crippen LogP contribution in [0, 0.1) is 5.92 Å². The average molecular weight is 155 g/mol. The molecule has 0 N–H and O–H groups in total. The van der Waals surface area contributed by atoms with Crippen molar-refractivity contribution in [3.05, 3.63) is 0 Å². The van der Waals surface area contributed by atoms with Gasteiger partial charge >= 0.3 is 0 Å². The van der Waals surface area contributed by atoms with Crippen molar-refractivity contribution in [1.82, 2.24) is 4.90 Å². The van der Waals surface area contributed by atoms with Gasteiger partial charge in [-0.25, -0.2) is 0 Å². The summed E-state index contributed by atoms with van der Waals surface area (Å²) in [5.41, 5.74) is 0. The van der Waals surface area contributed by atoms with Crippen molar-refractivity contribution in [2.45, 2.75) is 33.2 Å². The molecule has 0 aromatic carbocycles. The van der Waals surface area contributed by atoms with Crippen LogP contribution in [0.1, 0.15) is 27.2 Å². The normalized spacial score (nSPS) is 28.8. The molecule has 64 valence electrons. The van der Waals surface area contributed by atoms with Gasteiger partial charge < -0.3 is 0 Å². The lowest BCUT2D eigenvalue weighted by Gasteiger charge is -2.21. The van der Waals surface area contributed by atoms with Crippen molar-refractivity contribution in [3.8, 4) is 0 Å². The fraction of sp³-hybridized carbons (Fsp3) is 0.889. The summed E-state index contributed by atoms with van der Waals surface area (Å²) in [5, 5.41) is 0. The zero-order valence-corrected chi connectivity index (χ0v) is 7.63. The summed E-state index contributed by atoms with van der Waals surface area (Å²) >= 11 is 0. The van der Waals surface area contributed by atoms with Crippen molar-refractivity contribution in [2.75, 3.05) is 13.1 Å². The molecule has 1 aliphatic heterocycles. The maximum absolute atomic E-state index is 11.0. The van der Waals surface area contributed by atoms with Gasteiger partial charge in [0.05, 0.1) is 6.04 Å². The summed E-state index contributed by atoms with van der Waals surface area (Å²) in [7, 11) is 0. The van der Waals surface area contributed by atoms with Gasteiger partial charge in [-0.15, -0.1) is 0 Å². The molecule has 1 rings (SSSR count). The standard InChI is InChI=1S/C9H17NO/c1-7-4-5-10(6-7)8(2)9(3)11/h7-8H,4-6H2,1-3H3. The Bertz CT molecular complexity index is 156. The van der Waals surface area contributed by atoms with Crippen LogP contribution in [0.4, 0.5) is 0 Å². The molecule has 0 radical (unpaired) electrons. The monoisotopic (exact) mass is 155 g/mol. The molecule has 2 nitrogen and oxygen atoms in total. The topological polar surface area (TPSA) is 20.3 Å². The van der Waals surface area contributed by atoms with E-state index in [-0.39, 0.29) is 6.04 Å². The first-order valence-corrected chi connectivity index (χ1v) is 4.35. The second kappa shape index (κ2) is 3.35. The summed E-state index contributed by atoms with van der Waals surface area (Å²) in [6.07, 6.45) is 1.25. The summed E-state index contributed by atoms with van der Waals surface area (Å²) in [6.45, 7) is 8.11. The van der Waals surface area contributed by atoms with Gasteiger partial charge in [0.1, 0.15) is 5.78 Å². The van der Waals surface area contributed by atoms with E-state index in [0.717, 1.165) is 19.0 Å². The highest BCUT2D eigenvalue weighted by Gasteiger charge is 2.24. The largest absolute Gasteiger partial charge is 0.298 e. The Morgan fingerprint density at radius 1 is 1.64 bits per heavy atom. The van der Waals surface area contributed by atoms with Crippen LogP contribution >= 0.6 is 0 Å². The van der Waals surface area contributed by atoms with Crippen molar-refractivity contribution >= 4 is 5.78 Å². The van der Waals surface area contributed by atoms with E-state index < -0.39 is 0 Å². The number of carbonyl (C=O) groups excluding carboxylic acids is 1. The number of rotatable bonds is 2. The van der Waals surface area contributed by atoms with Crippen LogP contribution in [-0.2, 0) is 4.79 Å². The molecule has 2 unspecified atom stereocenters. The van der Waals surface area contributed by atoms with Gasteiger partial charge in [0.15, 0.2) is 0 Å². The first-order valence-electron chi connectivity index (χ1n) is 4.35. The maximum atomic E-state index is 11.0. The van der Waals surface area contributed by atoms with Crippen LogP contribution in [0.15, 0.2) is 0 Å². The molecule has 1 heterocycles. The molecule has 0 spiro atoms. The van der Waals surface area contributed by atoms with E-state index in [1.54, 1.807) is 6.92 Å². The molecule has 2 atom stereocenters. The summed E-state index contributed by atoms with van der Waals surface area (Å²) in [4.78, 5) is 13.3. The third-order valence-electron chi connectivity index (χ3n) is 2.59. The van der Waals surface area contributed by atoms with Crippen LogP contribution in [-0.4, -0.2) is 29.8 Å². The number of Topliss-reactive ketones (excluding diaryl/α,β-unsaturated/α-hetero) is 1. The van der Waals surface area contributed by atoms with E-state index in [4.69, 9.17) is 0 Å². The van der Waals surface area contributed by atoms with Gasteiger partial charge in [-0.1, -0.05) is 6.92 Å². The molecular formula is C9H17NO. The second-order valence-electron chi connectivity index (χ2n) is 3.68. The second-order valence-corrected chi connectivity index (χ2v) is 3.68. The quantitative estimate of drug-likeness (QED) is 0.599.